The summed E-state index contributed by atoms with van der Waals surface area (Å²) >= 11 is 0. The van der Waals surface area contributed by atoms with Crippen molar-refractivity contribution in [3.05, 3.63) is 149 Å². The van der Waals surface area contributed by atoms with Crippen LogP contribution < -0.4 is 10.5 Å². The number of hydrogen-bond donors (Lipinski definition) is 1. The van der Waals surface area contributed by atoms with Gasteiger partial charge in [-0.1, -0.05) is 62.9 Å². The maximum atomic E-state index is 13.3. The van der Waals surface area contributed by atoms with Gasteiger partial charge in [-0.25, -0.2) is 0 Å². The highest BCUT2D eigenvalue weighted by Crippen LogP contribution is 2.20. The molecule has 0 unspecified atom stereocenters. The Morgan fingerprint density at radius 1 is 0.870 bits per heavy atom. The Kier molecular flexibility index (Phi) is 11.7. The molecule has 1 aliphatic heterocycles. The van der Waals surface area contributed by atoms with E-state index in [1.165, 1.54) is 9.47 Å². The van der Waals surface area contributed by atoms with Gasteiger partial charge < -0.3 is 24.0 Å². The van der Waals surface area contributed by atoms with E-state index in [9.17, 15) is 19.5 Å². The summed E-state index contributed by atoms with van der Waals surface area (Å²) in [6, 6.07) is 23.5. The van der Waals surface area contributed by atoms with Gasteiger partial charge in [0, 0.05) is 62.2 Å². The molecule has 8 heteroatoms. The van der Waals surface area contributed by atoms with Gasteiger partial charge in [-0.05, 0) is 72.5 Å². The molecule has 2 aromatic heterocycles. The van der Waals surface area contributed by atoms with Gasteiger partial charge in [0.05, 0.1) is 12.1 Å². The standard InChI is InChI=1S/C36H36N4O4.C2H6/c1-3-9-27(2)25-40-26-29(22-28-10-5-4-6-11-28)23-32(35(40)43)33(41)24-34(42)36(44)39-20-18-38(19-21-39)31-14-12-30(13-15-31)37-16-7-8-17-37;1-2/h3-17,23-24,26,41H,2,18-22,25H2,1H3;1-2H3/b9-3-,33-24-;. The molecule has 1 fully saturated rings. The first-order chi connectivity index (χ1) is 22.3. The van der Waals surface area contributed by atoms with Crippen LogP contribution in [0.4, 0.5) is 5.69 Å². The van der Waals surface area contributed by atoms with Crippen LogP contribution in [0.2, 0.25) is 0 Å². The van der Waals surface area contributed by atoms with Crippen LogP contribution in [-0.2, 0) is 22.6 Å². The van der Waals surface area contributed by atoms with Gasteiger partial charge in [-0.3, -0.25) is 14.4 Å². The zero-order chi connectivity index (χ0) is 33.1. The predicted octanol–water partition coefficient (Wildman–Crippen LogP) is 6.21. The fourth-order valence-electron chi connectivity index (χ4n) is 5.36. The topological polar surface area (TPSA) is 87.8 Å². The maximum absolute atomic E-state index is 13.3. The monoisotopic (exact) mass is 618 g/mol. The number of piperazine rings is 1. The van der Waals surface area contributed by atoms with Crippen LogP contribution >= 0.6 is 0 Å². The average Bonchev–Trinajstić information content (AvgIpc) is 3.63. The first kappa shape index (κ1) is 33.5. The lowest BCUT2D eigenvalue weighted by molar-refractivity contribution is -0.142. The number of benzene rings is 2. The van der Waals surface area contributed by atoms with E-state index in [0.29, 0.717) is 38.2 Å². The Morgan fingerprint density at radius 3 is 2.13 bits per heavy atom. The molecule has 5 rings (SSSR count). The molecule has 2 aromatic carbocycles. The van der Waals surface area contributed by atoms with Crippen molar-refractivity contribution in [2.75, 3.05) is 31.1 Å². The summed E-state index contributed by atoms with van der Waals surface area (Å²) in [5.74, 6) is -2.11. The largest absolute Gasteiger partial charge is 0.507 e. The molecule has 46 heavy (non-hydrogen) atoms. The third-order valence-corrected chi connectivity index (χ3v) is 7.61. The molecular weight excluding hydrogens is 576 g/mol. The number of nitrogens with zero attached hydrogens (tertiary/aromatic N) is 4. The number of amides is 1. The van der Waals surface area contributed by atoms with Gasteiger partial charge in [0.25, 0.3) is 11.5 Å². The minimum absolute atomic E-state index is 0.0407. The summed E-state index contributed by atoms with van der Waals surface area (Å²) in [5.41, 5.74) is 4.10. The number of aromatic nitrogens is 2. The zero-order valence-corrected chi connectivity index (χ0v) is 26.8. The lowest BCUT2D eigenvalue weighted by atomic mass is 10.0. The third kappa shape index (κ3) is 8.41. The summed E-state index contributed by atoms with van der Waals surface area (Å²) in [6.45, 7) is 12.0. The van der Waals surface area contributed by atoms with E-state index in [0.717, 1.165) is 28.6 Å². The quantitative estimate of drug-likeness (QED) is 0.0989. The van der Waals surface area contributed by atoms with Crippen molar-refractivity contribution in [1.29, 1.82) is 0 Å². The van der Waals surface area contributed by atoms with Crippen molar-refractivity contribution in [2.45, 2.75) is 33.7 Å². The molecule has 238 valence electrons. The minimum atomic E-state index is -0.871. The third-order valence-electron chi connectivity index (χ3n) is 7.61. The zero-order valence-electron chi connectivity index (χ0n) is 26.8. The second-order valence-corrected chi connectivity index (χ2v) is 10.8. The number of allylic oxidation sites excluding steroid dienone is 3. The Bertz CT molecular complexity index is 1740. The SMILES string of the molecule is C=C(/C=C\C)Cn1cc(Cc2ccccc2)cc(/C(O)=C/C(=O)C(=O)N2CCN(c3ccc(-n4cccc4)cc3)CC2)c1=O.CC. The highest BCUT2D eigenvalue weighted by atomic mass is 16.3. The molecule has 0 atom stereocenters. The fourth-order valence-corrected chi connectivity index (χ4v) is 5.36. The number of rotatable bonds is 10. The van der Waals surface area contributed by atoms with Crippen molar-refractivity contribution in [3.8, 4) is 5.69 Å². The summed E-state index contributed by atoms with van der Waals surface area (Å²) in [6.07, 6.45) is 10.7. The smallest absolute Gasteiger partial charge is 0.294 e. The molecule has 0 aliphatic carbocycles. The molecule has 0 spiro atoms. The van der Waals surface area contributed by atoms with E-state index >= 15 is 0 Å². The molecule has 3 heterocycles. The first-order valence-electron chi connectivity index (χ1n) is 15.6. The minimum Gasteiger partial charge on any atom is -0.507 e. The average molecular weight is 619 g/mol. The Morgan fingerprint density at radius 2 is 1.50 bits per heavy atom. The van der Waals surface area contributed by atoms with E-state index in [4.69, 9.17) is 0 Å². The Hall–Kier alpha value is -5.37. The number of carbonyl (C=O) groups is 2. The highest BCUT2D eigenvalue weighted by molar-refractivity contribution is 6.41. The summed E-state index contributed by atoms with van der Waals surface area (Å²) in [5, 5.41) is 11.0. The van der Waals surface area contributed by atoms with Gasteiger partial charge in [-0.2, -0.15) is 0 Å². The van der Waals surface area contributed by atoms with Crippen LogP contribution in [0.15, 0.2) is 127 Å². The van der Waals surface area contributed by atoms with E-state index in [-0.39, 0.29) is 12.1 Å². The van der Waals surface area contributed by atoms with E-state index < -0.39 is 23.0 Å². The van der Waals surface area contributed by atoms with Gasteiger partial charge in [-0.15, -0.1) is 0 Å². The van der Waals surface area contributed by atoms with Crippen LogP contribution in [0.3, 0.4) is 0 Å². The number of pyridine rings is 1. The second-order valence-electron chi connectivity index (χ2n) is 10.8. The van der Waals surface area contributed by atoms with Gasteiger partial charge in [0.2, 0.25) is 5.78 Å². The Labute approximate surface area is 270 Å². The van der Waals surface area contributed by atoms with Crippen LogP contribution in [0.25, 0.3) is 11.4 Å². The van der Waals surface area contributed by atoms with Crippen molar-refractivity contribution in [1.82, 2.24) is 14.0 Å². The van der Waals surface area contributed by atoms with Crippen LogP contribution in [-0.4, -0.2) is 57.0 Å². The molecule has 0 radical (unpaired) electrons. The predicted molar refractivity (Wildman–Crippen MR) is 185 cm³/mol. The number of ketones is 1. The first-order valence-corrected chi connectivity index (χ1v) is 15.6. The van der Waals surface area contributed by atoms with E-state index in [1.54, 1.807) is 12.3 Å². The lowest BCUT2D eigenvalue weighted by Crippen LogP contribution is -2.50. The molecule has 1 N–H and O–H groups in total. The number of hydrogen-bond acceptors (Lipinski definition) is 5. The Balaban J connectivity index is 0.00000235. The molecule has 0 saturated carbocycles. The number of aliphatic hydroxyl groups is 1. The number of carbonyl (C=O) groups excluding carboxylic acids is 2. The van der Waals surface area contributed by atoms with Gasteiger partial charge in [0.15, 0.2) is 0 Å². The van der Waals surface area contributed by atoms with E-state index in [2.05, 4.69) is 11.5 Å². The summed E-state index contributed by atoms with van der Waals surface area (Å²) in [4.78, 5) is 43.1. The van der Waals surface area contributed by atoms with Crippen molar-refractivity contribution < 1.29 is 14.7 Å². The lowest BCUT2D eigenvalue weighted by Gasteiger charge is -2.35. The summed E-state index contributed by atoms with van der Waals surface area (Å²) in [7, 11) is 0. The van der Waals surface area contributed by atoms with Gasteiger partial charge in [0.1, 0.15) is 5.76 Å². The molecular formula is C38H42N4O4. The van der Waals surface area contributed by atoms with E-state index in [1.807, 2.05) is 117 Å². The van der Waals surface area contributed by atoms with Crippen molar-refractivity contribution in [2.24, 2.45) is 0 Å². The second kappa shape index (κ2) is 16.1. The molecule has 0 bridgehead atoms. The number of anilines is 1. The normalized spacial score (nSPS) is 13.3. The summed E-state index contributed by atoms with van der Waals surface area (Å²) < 4.78 is 3.50. The van der Waals surface area contributed by atoms with Crippen molar-refractivity contribution >= 4 is 23.1 Å². The number of aliphatic hydroxyl groups excluding tert-OH is 1. The maximum Gasteiger partial charge on any atom is 0.294 e. The van der Waals surface area contributed by atoms with Crippen molar-refractivity contribution in [3.63, 3.8) is 0 Å². The molecule has 1 aliphatic rings. The molecule has 1 amide bonds. The van der Waals surface area contributed by atoms with Gasteiger partial charge >= 0.3 is 0 Å². The van der Waals surface area contributed by atoms with Crippen LogP contribution in [0, 0.1) is 0 Å². The molecule has 4 aromatic rings. The fraction of sp³-hybridized carbons (Fsp3) is 0.237. The molecule has 8 nitrogen and oxygen atoms in total. The van der Waals surface area contributed by atoms with Crippen LogP contribution in [0.1, 0.15) is 37.5 Å². The molecule has 1 saturated heterocycles. The highest BCUT2D eigenvalue weighted by Gasteiger charge is 2.26. The van der Waals surface area contributed by atoms with Crippen LogP contribution in [0.5, 0.6) is 0 Å².